The molecular weight excluding hydrogens is 312 g/mol. The molecule has 21 heavy (non-hydrogen) atoms. The molecule has 0 aliphatic rings. The lowest BCUT2D eigenvalue weighted by Gasteiger charge is -2.17. The second-order valence-electron chi connectivity index (χ2n) is 5.16. The van der Waals surface area contributed by atoms with Gasteiger partial charge in [-0.05, 0) is 43.4 Å². The largest absolute Gasteiger partial charge is 0.397 e. The van der Waals surface area contributed by atoms with Crippen LogP contribution in [0.2, 0.25) is 5.02 Å². The summed E-state index contributed by atoms with van der Waals surface area (Å²) in [7, 11) is -3.63. The molecule has 120 valence electrons. The van der Waals surface area contributed by atoms with E-state index in [4.69, 9.17) is 22.4 Å². The monoisotopic (exact) mass is 334 g/mol. The van der Waals surface area contributed by atoms with Gasteiger partial charge in [-0.25, -0.2) is 13.1 Å². The van der Waals surface area contributed by atoms with Crippen LogP contribution in [-0.4, -0.2) is 26.7 Å². The topological polar surface area (TPSA) is 92.4 Å². The van der Waals surface area contributed by atoms with Gasteiger partial charge in [-0.1, -0.05) is 24.9 Å². The summed E-state index contributed by atoms with van der Waals surface area (Å²) in [6, 6.07) is 2.92. The lowest BCUT2D eigenvalue weighted by molar-refractivity contribution is 0.251. The third-order valence-corrected chi connectivity index (χ3v) is 5.27. The Balaban J connectivity index is 2.89. The third kappa shape index (κ3) is 5.14. The van der Waals surface area contributed by atoms with Crippen molar-refractivity contribution in [3.05, 3.63) is 22.7 Å². The van der Waals surface area contributed by atoms with Gasteiger partial charge in [0.2, 0.25) is 10.0 Å². The van der Waals surface area contributed by atoms with Crippen molar-refractivity contribution >= 4 is 27.3 Å². The van der Waals surface area contributed by atoms with E-state index in [0.29, 0.717) is 23.6 Å². The molecule has 0 radical (unpaired) electrons. The molecule has 5 nitrogen and oxygen atoms in total. The van der Waals surface area contributed by atoms with Crippen LogP contribution in [0.25, 0.3) is 0 Å². The Morgan fingerprint density at radius 1 is 1.38 bits per heavy atom. The molecule has 0 fully saturated rings. The Bertz CT molecular complexity index is 570. The fourth-order valence-corrected chi connectivity index (χ4v) is 3.80. The molecule has 1 aromatic carbocycles. The van der Waals surface area contributed by atoms with Gasteiger partial charge in [-0.15, -0.1) is 0 Å². The maximum Gasteiger partial charge on any atom is 0.240 e. The van der Waals surface area contributed by atoms with Crippen LogP contribution >= 0.6 is 11.6 Å². The summed E-state index contributed by atoms with van der Waals surface area (Å²) in [4.78, 5) is 0.142. The van der Waals surface area contributed by atoms with Gasteiger partial charge in [-0.3, -0.25) is 0 Å². The van der Waals surface area contributed by atoms with Crippen molar-refractivity contribution in [1.29, 1.82) is 0 Å². The van der Waals surface area contributed by atoms with Crippen molar-refractivity contribution in [2.24, 2.45) is 5.92 Å². The first kappa shape index (κ1) is 18.2. The number of halogens is 1. The highest BCUT2D eigenvalue weighted by Crippen LogP contribution is 2.26. The van der Waals surface area contributed by atoms with Gasteiger partial charge in [0, 0.05) is 13.2 Å². The van der Waals surface area contributed by atoms with Gasteiger partial charge in [0.1, 0.15) is 0 Å². The van der Waals surface area contributed by atoms with Crippen LogP contribution in [0, 0.1) is 12.8 Å². The second-order valence-corrected chi connectivity index (χ2v) is 7.30. The normalized spacial score (nSPS) is 13.3. The molecule has 1 rings (SSSR count). The fourth-order valence-electron chi connectivity index (χ4n) is 2.20. The van der Waals surface area contributed by atoms with E-state index < -0.39 is 10.0 Å². The van der Waals surface area contributed by atoms with Crippen LogP contribution < -0.4 is 10.5 Å². The summed E-state index contributed by atoms with van der Waals surface area (Å²) >= 11 is 5.88. The van der Waals surface area contributed by atoms with Gasteiger partial charge in [-0.2, -0.15) is 0 Å². The number of nitrogens with two attached hydrogens (primary N) is 1. The Hall–Kier alpha value is -0.820. The number of aliphatic hydroxyl groups is 1. The van der Waals surface area contributed by atoms with Gasteiger partial charge in [0.15, 0.2) is 0 Å². The Labute approximate surface area is 131 Å². The van der Waals surface area contributed by atoms with Crippen molar-refractivity contribution in [2.75, 3.05) is 18.9 Å². The van der Waals surface area contributed by atoms with Gasteiger partial charge in [0.25, 0.3) is 0 Å². The number of anilines is 1. The molecule has 1 aromatic rings. The summed E-state index contributed by atoms with van der Waals surface area (Å²) < 4.78 is 27.3. The molecule has 0 aliphatic heterocycles. The average molecular weight is 335 g/mol. The summed E-state index contributed by atoms with van der Waals surface area (Å²) in [5.41, 5.74) is 6.47. The molecular formula is C14H23ClN2O3S. The first-order valence-electron chi connectivity index (χ1n) is 6.98. The maximum absolute atomic E-state index is 12.4. The number of sulfonamides is 1. The van der Waals surface area contributed by atoms with Gasteiger partial charge in [0.05, 0.1) is 15.6 Å². The minimum absolute atomic E-state index is 0.0549. The van der Waals surface area contributed by atoms with E-state index in [1.54, 1.807) is 13.0 Å². The number of hydrogen-bond donors (Lipinski definition) is 3. The quantitative estimate of drug-likeness (QED) is 0.636. The molecule has 0 aromatic heterocycles. The molecule has 0 saturated heterocycles. The number of rotatable bonds is 8. The van der Waals surface area contributed by atoms with E-state index >= 15 is 0 Å². The van der Waals surface area contributed by atoms with E-state index in [1.807, 2.05) is 6.92 Å². The molecule has 0 aliphatic carbocycles. The van der Waals surface area contributed by atoms with E-state index in [-0.39, 0.29) is 23.1 Å². The van der Waals surface area contributed by atoms with E-state index in [1.165, 1.54) is 6.07 Å². The Kier molecular flexibility index (Phi) is 6.93. The molecule has 1 atom stereocenters. The van der Waals surface area contributed by atoms with Crippen molar-refractivity contribution in [2.45, 2.75) is 38.0 Å². The maximum atomic E-state index is 12.4. The zero-order valence-corrected chi connectivity index (χ0v) is 14.0. The van der Waals surface area contributed by atoms with Crippen LogP contribution in [0.4, 0.5) is 5.69 Å². The summed E-state index contributed by atoms with van der Waals surface area (Å²) in [5.74, 6) is 0.125. The van der Waals surface area contributed by atoms with Crippen LogP contribution in [0.15, 0.2) is 17.0 Å². The average Bonchev–Trinajstić information content (AvgIpc) is 2.40. The van der Waals surface area contributed by atoms with Crippen molar-refractivity contribution in [3.8, 4) is 0 Å². The molecule has 0 amide bonds. The van der Waals surface area contributed by atoms with Crippen LogP contribution in [0.1, 0.15) is 31.7 Å². The standard InChI is InChI=1S/C14H23ClN2O3S/c1-3-4-11(5-6-18)9-17-21(19,20)14-8-13(16)12(15)7-10(14)2/h7-8,11,17-18H,3-6,9,16H2,1-2H3. The predicted octanol–water partition coefficient (Wildman–Crippen LogP) is 2.31. The summed E-state index contributed by atoms with van der Waals surface area (Å²) in [6.45, 7) is 4.07. The molecule has 0 saturated carbocycles. The Morgan fingerprint density at radius 2 is 2.05 bits per heavy atom. The molecule has 7 heteroatoms. The third-order valence-electron chi connectivity index (χ3n) is 3.38. The number of nitrogens with one attached hydrogen (secondary N) is 1. The van der Waals surface area contributed by atoms with Crippen molar-refractivity contribution in [3.63, 3.8) is 0 Å². The number of hydrogen-bond acceptors (Lipinski definition) is 4. The second kappa shape index (κ2) is 7.98. The highest BCUT2D eigenvalue weighted by Gasteiger charge is 2.20. The molecule has 4 N–H and O–H groups in total. The van der Waals surface area contributed by atoms with Crippen molar-refractivity contribution in [1.82, 2.24) is 4.72 Å². The zero-order valence-electron chi connectivity index (χ0n) is 12.4. The van der Waals surface area contributed by atoms with E-state index in [9.17, 15) is 8.42 Å². The summed E-state index contributed by atoms with van der Waals surface area (Å²) in [6.07, 6.45) is 2.39. The molecule has 0 bridgehead atoms. The first-order chi connectivity index (χ1) is 9.81. The van der Waals surface area contributed by atoms with Crippen LogP contribution in [0.3, 0.4) is 0 Å². The molecule has 0 heterocycles. The van der Waals surface area contributed by atoms with Crippen molar-refractivity contribution < 1.29 is 13.5 Å². The fraction of sp³-hybridized carbons (Fsp3) is 0.571. The Morgan fingerprint density at radius 3 is 2.62 bits per heavy atom. The summed E-state index contributed by atoms with van der Waals surface area (Å²) in [5, 5.41) is 9.36. The number of nitrogen functional groups attached to an aromatic ring is 1. The number of aryl methyl sites for hydroxylation is 1. The minimum Gasteiger partial charge on any atom is -0.397 e. The SMILES string of the molecule is CCCC(CCO)CNS(=O)(=O)c1cc(N)c(Cl)cc1C. The van der Waals surface area contributed by atoms with Gasteiger partial charge >= 0.3 is 0 Å². The highest BCUT2D eigenvalue weighted by atomic mass is 35.5. The zero-order chi connectivity index (χ0) is 16.0. The first-order valence-corrected chi connectivity index (χ1v) is 8.84. The van der Waals surface area contributed by atoms with E-state index in [0.717, 1.165) is 12.8 Å². The lowest BCUT2D eigenvalue weighted by atomic mass is 10.0. The number of aliphatic hydroxyl groups excluding tert-OH is 1. The number of benzene rings is 1. The highest BCUT2D eigenvalue weighted by molar-refractivity contribution is 7.89. The smallest absolute Gasteiger partial charge is 0.240 e. The van der Waals surface area contributed by atoms with Crippen LogP contribution in [-0.2, 0) is 10.0 Å². The molecule has 1 unspecified atom stereocenters. The molecule has 0 spiro atoms. The minimum atomic E-state index is -3.63. The van der Waals surface area contributed by atoms with E-state index in [2.05, 4.69) is 4.72 Å². The lowest BCUT2D eigenvalue weighted by Crippen LogP contribution is -2.30. The predicted molar refractivity (Wildman–Crippen MR) is 85.9 cm³/mol. The van der Waals surface area contributed by atoms with Crippen LogP contribution in [0.5, 0.6) is 0 Å². The van der Waals surface area contributed by atoms with Gasteiger partial charge < -0.3 is 10.8 Å².